The second-order valence-electron chi connectivity index (χ2n) is 6.30. The monoisotopic (exact) mass is 425 g/mol. The Morgan fingerprint density at radius 1 is 0.792 bits per heavy atom. The number of hydrogen-bond acceptors (Lipinski definition) is 3. The molecule has 0 radical (unpaired) electrons. The summed E-state index contributed by atoms with van der Waals surface area (Å²) in [6, 6.07) is 25.8. The molecule has 0 saturated carbocycles. The minimum Gasteiger partial charge on any atom is -0.344 e. The molecule has 0 spiro atoms. The molecule has 1 N–H and O–H groups in total. The van der Waals surface area contributed by atoms with E-state index in [1.54, 1.807) is 0 Å². The molecule has 2 aliphatic heterocycles. The third-order valence-corrected chi connectivity index (χ3v) is 5.49. The van der Waals surface area contributed by atoms with Crippen LogP contribution < -0.4 is 15.1 Å². The standard InChI is InChI=1S/C20H16IN3/c1-20-22-16-9-5-6-10-17(16)24(20)19-13-14(21)11-12-18(19)23(20)15-7-3-2-4-8-15/h2-13,22H,1H3. The molecule has 0 amide bonds. The highest BCUT2D eigenvalue weighted by atomic mass is 127. The normalized spacial score (nSPS) is 20.4. The van der Waals surface area contributed by atoms with Gasteiger partial charge in [0, 0.05) is 9.26 Å². The van der Waals surface area contributed by atoms with E-state index in [1.165, 1.54) is 32.0 Å². The average Bonchev–Trinajstić information content (AvgIpc) is 3.02. The Bertz CT molecular complexity index is 941. The first kappa shape index (κ1) is 14.2. The summed E-state index contributed by atoms with van der Waals surface area (Å²) < 4.78 is 1.24. The lowest BCUT2D eigenvalue weighted by atomic mass is 10.2. The van der Waals surface area contributed by atoms with Crippen LogP contribution in [0.4, 0.5) is 28.4 Å². The molecule has 2 heterocycles. The number of anilines is 5. The zero-order chi connectivity index (χ0) is 16.3. The number of halogens is 1. The summed E-state index contributed by atoms with van der Waals surface area (Å²) in [5.74, 6) is -0.349. The fourth-order valence-corrected chi connectivity index (χ4v) is 4.38. The van der Waals surface area contributed by atoms with Crippen molar-refractivity contribution in [1.29, 1.82) is 0 Å². The summed E-state index contributed by atoms with van der Waals surface area (Å²) in [5.41, 5.74) is 6.05. The number of nitrogens with zero attached hydrogens (tertiary/aromatic N) is 2. The third kappa shape index (κ3) is 1.77. The summed E-state index contributed by atoms with van der Waals surface area (Å²) in [6.45, 7) is 2.24. The molecule has 0 fully saturated rings. The maximum Gasteiger partial charge on any atom is 0.195 e. The zero-order valence-corrected chi connectivity index (χ0v) is 15.4. The van der Waals surface area contributed by atoms with Crippen molar-refractivity contribution in [2.24, 2.45) is 0 Å². The van der Waals surface area contributed by atoms with Crippen molar-refractivity contribution < 1.29 is 0 Å². The van der Waals surface area contributed by atoms with Gasteiger partial charge in [-0.3, -0.25) is 9.80 Å². The number of benzene rings is 3. The molecule has 118 valence electrons. The number of nitrogens with one attached hydrogen (secondary N) is 1. The largest absolute Gasteiger partial charge is 0.344 e. The van der Waals surface area contributed by atoms with E-state index in [-0.39, 0.29) is 5.79 Å². The Morgan fingerprint density at radius 2 is 1.54 bits per heavy atom. The van der Waals surface area contributed by atoms with Gasteiger partial charge in [-0.1, -0.05) is 30.3 Å². The Labute approximate surface area is 155 Å². The molecule has 2 aliphatic rings. The van der Waals surface area contributed by atoms with Crippen LogP contribution in [0.3, 0.4) is 0 Å². The van der Waals surface area contributed by atoms with Gasteiger partial charge in [0.2, 0.25) is 0 Å². The van der Waals surface area contributed by atoms with E-state index < -0.39 is 0 Å². The average molecular weight is 425 g/mol. The van der Waals surface area contributed by atoms with E-state index in [9.17, 15) is 0 Å². The first-order valence-corrected chi connectivity index (χ1v) is 9.09. The molecular formula is C20H16IN3. The highest BCUT2D eigenvalue weighted by molar-refractivity contribution is 14.1. The molecule has 0 aliphatic carbocycles. The van der Waals surface area contributed by atoms with E-state index in [0.717, 1.165) is 0 Å². The lowest BCUT2D eigenvalue weighted by Gasteiger charge is -2.38. The second kappa shape index (κ2) is 4.89. The van der Waals surface area contributed by atoms with Crippen LogP contribution in [0, 0.1) is 3.57 Å². The Kier molecular flexibility index (Phi) is 2.89. The first-order valence-electron chi connectivity index (χ1n) is 8.01. The van der Waals surface area contributed by atoms with Gasteiger partial charge in [-0.05, 0) is 72.0 Å². The minimum absolute atomic E-state index is 0.349. The van der Waals surface area contributed by atoms with Crippen molar-refractivity contribution >= 4 is 51.0 Å². The van der Waals surface area contributed by atoms with Crippen LogP contribution >= 0.6 is 22.6 Å². The van der Waals surface area contributed by atoms with Gasteiger partial charge >= 0.3 is 0 Å². The lowest BCUT2D eigenvalue weighted by molar-refractivity contribution is 0.578. The van der Waals surface area contributed by atoms with E-state index in [4.69, 9.17) is 0 Å². The molecule has 1 atom stereocenters. The minimum atomic E-state index is -0.349. The van der Waals surface area contributed by atoms with Crippen LogP contribution in [0.2, 0.25) is 0 Å². The molecule has 0 bridgehead atoms. The Balaban J connectivity index is 1.80. The van der Waals surface area contributed by atoms with Crippen molar-refractivity contribution in [2.45, 2.75) is 12.7 Å². The van der Waals surface area contributed by atoms with Crippen LogP contribution in [0.25, 0.3) is 0 Å². The lowest BCUT2D eigenvalue weighted by Crippen LogP contribution is -2.53. The molecule has 0 saturated heterocycles. The predicted octanol–water partition coefficient (Wildman–Crippen LogP) is 5.68. The van der Waals surface area contributed by atoms with Crippen molar-refractivity contribution in [1.82, 2.24) is 0 Å². The Hall–Kier alpha value is -2.21. The van der Waals surface area contributed by atoms with Gasteiger partial charge < -0.3 is 5.32 Å². The van der Waals surface area contributed by atoms with Crippen molar-refractivity contribution in [3.05, 3.63) is 76.4 Å². The number of fused-ring (bicyclic) bond motifs is 5. The quantitative estimate of drug-likeness (QED) is 0.506. The summed E-state index contributed by atoms with van der Waals surface area (Å²) in [5, 5.41) is 3.74. The number of para-hydroxylation sites is 3. The van der Waals surface area contributed by atoms with E-state index in [2.05, 4.69) is 117 Å². The van der Waals surface area contributed by atoms with Crippen LogP contribution in [0.15, 0.2) is 72.8 Å². The van der Waals surface area contributed by atoms with Crippen LogP contribution in [0.5, 0.6) is 0 Å². The molecular weight excluding hydrogens is 409 g/mol. The van der Waals surface area contributed by atoms with Gasteiger partial charge in [-0.2, -0.15) is 0 Å². The molecule has 0 aromatic heterocycles. The van der Waals surface area contributed by atoms with Gasteiger partial charge in [0.15, 0.2) is 5.79 Å². The smallest absolute Gasteiger partial charge is 0.195 e. The van der Waals surface area contributed by atoms with E-state index in [1.807, 2.05) is 0 Å². The van der Waals surface area contributed by atoms with Crippen molar-refractivity contribution in [2.75, 3.05) is 15.1 Å². The van der Waals surface area contributed by atoms with Gasteiger partial charge in [0.1, 0.15) is 0 Å². The number of hydrogen-bond donors (Lipinski definition) is 1. The zero-order valence-electron chi connectivity index (χ0n) is 13.2. The first-order chi connectivity index (χ1) is 11.7. The molecule has 4 heteroatoms. The molecule has 1 unspecified atom stereocenters. The topological polar surface area (TPSA) is 18.5 Å². The summed E-state index contributed by atoms with van der Waals surface area (Å²) in [7, 11) is 0. The number of rotatable bonds is 1. The van der Waals surface area contributed by atoms with Crippen molar-refractivity contribution in [3.63, 3.8) is 0 Å². The molecule has 3 aromatic rings. The SMILES string of the molecule is CC12Nc3ccccc3N1c1cc(I)ccc1N2c1ccccc1. The van der Waals surface area contributed by atoms with Gasteiger partial charge in [0.25, 0.3) is 0 Å². The Morgan fingerprint density at radius 3 is 2.38 bits per heavy atom. The van der Waals surface area contributed by atoms with Gasteiger partial charge in [-0.25, -0.2) is 0 Å². The maximum atomic E-state index is 3.74. The van der Waals surface area contributed by atoms with Gasteiger partial charge in [-0.15, -0.1) is 0 Å². The second-order valence-corrected chi connectivity index (χ2v) is 7.55. The molecule has 3 aromatic carbocycles. The molecule has 24 heavy (non-hydrogen) atoms. The van der Waals surface area contributed by atoms with E-state index in [0.29, 0.717) is 0 Å². The fourth-order valence-electron chi connectivity index (χ4n) is 3.91. The summed E-state index contributed by atoms with van der Waals surface area (Å²) in [6.07, 6.45) is 0. The van der Waals surface area contributed by atoms with Crippen LogP contribution in [-0.4, -0.2) is 5.79 Å². The summed E-state index contributed by atoms with van der Waals surface area (Å²) >= 11 is 2.39. The highest BCUT2D eigenvalue weighted by Crippen LogP contribution is 2.57. The van der Waals surface area contributed by atoms with Crippen LogP contribution in [-0.2, 0) is 0 Å². The maximum absolute atomic E-state index is 3.74. The molecule has 3 nitrogen and oxygen atoms in total. The van der Waals surface area contributed by atoms with E-state index >= 15 is 0 Å². The predicted molar refractivity (Wildman–Crippen MR) is 108 cm³/mol. The highest BCUT2D eigenvalue weighted by Gasteiger charge is 2.52. The summed E-state index contributed by atoms with van der Waals surface area (Å²) in [4.78, 5) is 4.80. The molecule has 5 rings (SSSR count). The fraction of sp³-hybridized carbons (Fsp3) is 0.100. The van der Waals surface area contributed by atoms with Crippen molar-refractivity contribution in [3.8, 4) is 0 Å². The van der Waals surface area contributed by atoms with Crippen LogP contribution in [0.1, 0.15) is 6.92 Å². The van der Waals surface area contributed by atoms with Gasteiger partial charge in [0.05, 0.1) is 22.7 Å². The third-order valence-electron chi connectivity index (χ3n) is 4.82.